The molecule has 0 fully saturated rings. The van der Waals surface area contributed by atoms with Gasteiger partial charge in [0.25, 0.3) is 0 Å². The van der Waals surface area contributed by atoms with E-state index in [0.717, 1.165) is 10.0 Å². The maximum Gasteiger partial charge on any atom is 0.223 e. The molecule has 0 saturated carbocycles. The third-order valence-corrected chi connectivity index (χ3v) is 3.14. The number of hydrogen-bond donors (Lipinski definition) is 2. The van der Waals surface area contributed by atoms with Crippen molar-refractivity contribution in [1.82, 2.24) is 5.32 Å². The molecule has 1 aromatic rings. The number of rotatable bonds is 7. The van der Waals surface area contributed by atoms with Crippen LogP contribution in [0.4, 0.5) is 0 Å². The lowest BCUT2D eigenvalue weighted by Crippen LogP contribution is -2.31. The zero-order valence-corrected chi connectivity index (χ0v) is 13.6. The summed E-state index contributed by atoms with van der Waals surface area (Å²) in [7, 11) is 1.57. The van der Waals surface area contributed by atoms with Gasteiger partial charge in [0.05, 0.1) is 24.6 Å². The van der Waals surface area contributed by atoms with Gasteiger partial charge in [0, 0.05) is 12.6 Å². The predicted octanol–water partition coefficient (Wildman–Crippen LogP) is 2.21. The van der Waals surface area contributed by atoms with E-state index >= 15 is 0 Å². The highest BCUT2D eigenvalue weighted by Crippen LogP contribution is 2.36. The minimum absolute atomic E-state index is 0.0336. The molecule has 3 N–H and O–H groups in total. The topological polar surface area (TPSA) is 73.6 Å². The number of halogens is 1. The molecule has 0 radical (unpaired) electrons. The quantitative estimate of drug-likeness (QED) is 0.795. The Balaban J connectivity index is 2.66. The van der Waals surface area contributed by atoms with Crippen LogP contribution in [0.15, 0.2) is 16.6 Å². The van der Waals surface area contributed by atoms with Gasteiger partial charge in [0.2, 0.25) is 5.91 Å². The summed E-state index contributed by atoms with van der Waals surface area (Å²) in [4.78, 5) is 11.5. The van der Waals surface area contributed by atoms with Crippen molar-refractivity contribution in [3.05, 3.63) is 22.2 Å². The van der Waals surface area contributed by atoms with Crippen molar-refractivity contribution in [2.75, 3.05) is 13.7 Å². The van der Waals surface area contributed by atoms with E-state index in [2.05, 4.69) is 21.2 Å². The van der Waals surface area contributed by atoms with Crippen LogP contribution >= 0.6 is 15.9 Å². The number of hydrogen-bond acceptors (Lipinski definition) is 4. The van der Waals surface area contributed by atoms with Crippen molar-refractivity contribution in [2.24, 2.45) is 5.73 Å². The normalized spacial score (nSPS) is 10.5. The second-order valence-electron chi connectivity index (χ2n) is 4.63. The molecule has 20 heavy (non-hydrogen) atoms. The molecule has 0 aromatic heterocycles. The Morgan fingerprint density at radius 1 is 1.45 bits per heavy atom. The molecule has 0 bridgehead atoms. The van der Waals surface area contributed by atoms with Gasteiger partial charge in [-0.15, -0.1) is 0 Å². The SMILES string of the molecule is COc1cc(CN)cc(Br)c1OCCC(=O)NC(C)C. The molecule has 0 unspecified atom stereocenters. The van der Waals surface area contributed by atoms with Crippen molar-refractivity contribution in [2.45, 2.75) is 32.9 Å². The Morgan fingerprint density at radius 2 is 2.15 bits per heavy atom. The first-order valence-corrected chi connectivity index (χ1v) is 7.25. The van der Waals surface area contributed by atoms with Crippen molar-refractivity contribution < 1.29 is 14.3 Å². The van der Waals surface area contributed by atoms with Gasteiger partial charge >= 0.3 is 0 Å². The van der Waals surface area contributed by atoms with Crippen molar-refractivity contribution >= 4 is 21.8 Å². The third-order valence-electron chi connectivity index (χ3n) is 2.55. The lowest BCUT2D eigenvalue weighted by Gasteiger charge is -2.14. The molecule has 0 aliphatic rings. The second-order valence-corrected chi connectivity index (χ2v) is 5.49. The summed E-state index contributed by atoms with van der Waals surface area (Å²) in [6.45, 7) is 4.55. The van der Waals surface area contributed by atoms with Crippen molar-refractivity contribution in [3.63, 3.8) is 0 Å². The third kappa shape index (κ3) is 5.02. The molecule has 1 aromatic carbocycles. The van der Waals surface area contributed by atoms with Gasteiger partial charge in [-0.25, -0.2) is 0 Å². The largest absolute Gasteiger partial charge is 0.493 e. The number of amides is 1. The average Bonchev–Trinajstić information content (AvgIpc) is 2.39. The van der Waals surface area contributed by atoms with Crippen LogP contribution in [-0.4, -0.2) is 25.7 Å². The van der Waals surface area contributed by atoms with Crippen LogP contribution in [0.5, 0.6) is 11.5 Å². The molecule has 0 aliphatic heterocycles. The highest BCUT2D eigenvalue weighted by molar-refractivity contribution is 9.10. The lowest BCUT2D eigenvalue weighted by molar-refractivity contribution is -0.122. The van der Waals surface area contributed by atoms with Crippen molar-refractivity contribution in [1.29, 1.82) is 0 Å². The number of ether oxygens (including phenoxy) is 2. The van der Waals surface area contributed by atoms with Gasteiger partial charge in [-0.1, -0.05) is 0 Å². The molecule has 0 spiro atoms. The standard InChI is InChI=1S/C14H21BrN2O3/c1-9(2)17-13(18)4-5-20-14-11(15)6-10(8-16)7-12(14)19-3/h6-7,9H,4-5,8,16H2,1-3H3,(H,17,18). The highest BCUT2D eigenvalue weighted by atomic mass is 79.9. The smallest absolute Gasteiger partial charge is 0.223 e. The molecule has 0 saturated heterocycles. The van der Waals surface area contributed by atoms with Gasteiger partial charge in [0.15, 0.2) is 11.5 Å². The van der Waals surface area contributed by atoms with Crippen LogP contribution in [-0.2, 0) is 11.3 Å². The van der Waals surface area contributed by atoms with Crippen LogP contribution in [0.25, 0.3) is 0 Å². The van der Waals surface area contributed by atoms with Crippen LogP contribution in [0.3, 0.4) is 0 Å². The van der Waals surface area contributed by atoms with E-state index in [9.17, 15) is 4.79 Å². The van der Waals surface area contributed by atoms with E-state index in [1.807, 2.05) is 26.0 Å². The zero-order chi connectivity index (χ0) is 15.1. The number of benzene rings is 1. The average molecular weight is 345 g/mol. The van der Waals surface area contributed by atoms with E-state index in [-0.39, 0.29) is 18.6 Å². The summed E-state index contributed by atoms with van der Waals surface area (Å²) in [6, 6.07) is 3.84. The molecule has 5 nitrogen and oxygen atoms in total. The summed E-state index contributed by atoms with van der Waals surface area (Å²) in [6.07, 6.45) is 0.298. The number of nitrogens with one attached hydrogen (secondary N) is 1. The summed E-state index contributed by atoms with van der Waals surface area (Å²) < 4.78 is 11.7. The number of carbonyl (C=O) groups excluding carboxylic acids is 1. The minimum atomic E-state index is -0.0336. The monoisotopic (exact) mass is 344 g/mol. The molecule has 6 heteroatoms. The van der Waals surface area contributed by atoms with Crippen LogP contribution in [0, 0.1) is 0 Å². The fraction of sp³-hybridized carbons (Fsp3) is 0.500. The van der Waals surface area contributed by atoms with E-state index in [4.69, 9.17) is 15.2 Å². The van der Waals surface area contributed by atoms with Gasteiger partial charge in [-0.05, 0) is 47.5 Å². The van der Waals surface area contributed by atoms with Gasteiger partial charge in [0.1, 0.15) is 0 Å². The molecule has 0 atom stereocenters. The molecule has 0 aliphatic carbocycles. The Bertz CT molecular complexity index is 464. The fourth-order valence-corrected chi connectivity index (χ4v) is 2.27. The molecular weight excluding hydrogens is 324 g/mol. The van der Waals surface area contributed by atoms with Crippen molar-refractivity contribution in [3.8, 4) is 11.5 Å². The Hall–Kier alpha value is -1.27. The summed E-state index contributed by atoms with van der Waals surface area (Å²) >= 11 is 3.43. The maximum atomic E-state index is 11.5. The molecule has 1 rings (SSSR count). The van der Waals surface area contributed by atoms with E-state index in [1.165, 1.54) is 0 Å². The van der Waals surface area contributed by atoms with Gasteiger partial charge in [-0.3, -0.25) is 4.79 Å². The van der Waals surface area contributed by atoms with Gasteiger partial charge in [-0.2, -0.15) is 0 Å². The zero-order valence-electron chi connectivity index (χ0n) is 12.0. The molecule has 1 amide bonds. The Kier molecular flexibility index (Phi) is 6.81. The Morgan fingerprint density at radius 3 is 2.70 bits per heavy atom. The lowest BCUT2D eigenvalue weighted by atomic mass is 10.2. The van der Waals surface area contributed by atoms with Crippen LogP contribution in [0.1, 0.15) is 25.8 Å². The second kappa shape index (κ2) is 8.11. The van der Waals surface area contributed by atoms with Crippen LogP contribution in [0.2, 0.25) is 0 Å². The van der Waals surface area contributed by atoms with Gasteiger partial charge < -0.3 is 20.5 Å². The van der Waals surface area contributed by atoms with E-state index in [1.54, 1.807) is 7.11 Å². The van der Waals surface area contributed by atoms with Crippen LogP contribution < -0.4 is 20.5 Å². The molecule has 0 heterocycles. The Labute approximate surface area is 127 Å². The number of methoxy groups -OCH3 is 1. The summed E-state index contributed by atoms with van der Waals surface area (Å²) in [5, 5.41) is 2.81. The van der Waals surface area contributed by atoms with E-state index < -0.39 is 0 Å². The number of carbonyl (C=O) groups is 1. The first kappa shape index (κ1) is 16.8. The molecule has 112 valence electrons. The first-order chi connectivity index (χ1) is 9.47. The maximum absolute atomic E-state index is 11.5. The number of nitrogens with two attached hydrogens (primary N) is 1. The highest BCUT2D eigenvalue weighted by Gasteiger charge is 2.12. The first-order valence-electron chi connectivity index (χ1n) is 6.46. The summed E-state index contributed by atoms with van der Waals surface area (Å²) in [5.41, 5.74) is 6.55. The summed E-state index contributed by atoms with van der Waals surface area (Å²) in [5.74, 6) is 1.15. The molecular formula is C14H21BrN2O3. The predicted molar refractivity (Wildman–Crippen MR) is 82.0 cm³/mol. The van der Waals surface area contributed by atoms with E-state index in [0.29, 0.717) is 24.5 Å². The minimum Gasteiger partial charge on any atom is -0.493 e. The fourth-order valence-electron chi connectivity index (χ4n) is 1.67.